The SMILES string of the molecule is ClCCCC1(c2ccc(Oc3ccccc3)cc2)OCCO1. The molecule has 1 fully saturated rings. The monoisotopic (exact) mass is 318 g/mol. The van der Waals surface area contributed by atoms with Crippen molar-refractivity contribution in [3.63, 3.8) is 0 Å². The van der Waals surface area contributed by atoms with Crippen LogP contribution in [-0.2, 0) is 15.3 Å². The molecule has 0 amide bonds. The Morgan fingerprint density at radius 2 is 1.55 bits per heavy atom. The lowest BCUT2D eigenvalue weighted by Gasteiger charge is -2.27. The Labute approximate surface area is 135 Å². The number of halogens is 1. The third kappa shape index (κ3) is 3.43. The van der Waals surface area contributed by atoms with E-state index in [1.165, 1.54) is 0 Å². The van der Waals surface area contributed by atoms with Crippen LogP contribution >= 0.6 is 11.6 Å². The van der Waals surface area contributed by atoms with Gasteiger partial charge in [-0.3, -0.25) is 0 Å². The highest BCUT2D eigenvalue weighted by molar-refractivity contribution is 6.17. The Balaban J connectivity index is 1.75. The van der Waals surface area contributed by atoms with E-state index < -0.39 is 5.79 Å². The molecule has 2 aromatic rings. The van der Waals surface area contributed by atoms with Crippen LogP contribution in [0.3, 0.4) is 0 Å². The van der Waals surface area contributed by atoms with Crippen molar-refractivity contribution in [2.45, 2.75) is 18.6 Å². The third-order valence-corrected chi connectivity index (χ3v) is 3.93. The number of hydrogen-bond acceptors (Lipinski definition) is 3. The summed E-state index contributed by atoms with van der Waals surface area (Å²) < 4.78 is 17.5. The van der Waals surface area contributed by atoms with E-state index in [2.05, 4.69) is 0 Å². The molecule has 0 aliphatic carbocycles. The molecule has 0 N–H and O–H groups in total. The van der Waals surface area contributed by atoms with Gasteiger partial charge < -0.3 is 14.2 Å². The van der Waals surface area contributed by atoms with Gasteiger partial charge in [-0.15, -0.1) is 11.6 Å². The van der Waals surface area contributed by atoms with Gasteiger partial charge in [0.05, 0.1) is 13.2 Å². The van der Waals surface area contributed by atoms with Gasteiger partial charge in [-0.1, -0.05) is 18.2 Å². The average Bonchev–Trinajstić information content (AvgIpc) is 3.05. The normalized spacial score (nSPS) is 16.6. The minimum absolute atomic E-state index is 0.601. The smallest absolute Gasteiger partial charge is 0.195 e. The van der Waals surface area contributed by atoms with Crippen LogP contribution < -0.4 is 4.74 Å². The number of ether oxygens (including phenoxy) is 3. The fraction of sp³-hybridized carbons (Fsp3) is 0.333. The molecule has 3 rings (SSSR count). The number of hydrogen-bond donors (Lipinski definition) is 0. The van der Waals surface area contributed by atoms with Crippen LogP contribution in [-0.4, -0.2) is 19.1 Å². The first kappa shape index (κ1) is 15.3. The second-order valence-corrected chi connectivity index (χ2v) is 5.56. The molecule has 116 valence electrons. The van der Waals surface area contributed by atoms with Gasteiger partial charge in [0.2, 0.25) is 0 Å². The summed E-state index contributed by atoms with van der Waals surface area (Å²) in [5, 5.41) is 0. The van der Waals surface area contributed by atoms with Crippen LogP contribution in [0.15, 0.2) is 54.6 Å². The summed E-state index contributed by atoms with van der Waals surface area (Å²) in [5.74, 6) is 1.56. The predicted octanol–water partition coefficient (Wildman–Crippen LogP) is 4.70. The molecule has 0 spiro atoms. The molecule has 1 aliphatic heterocycles. The van der Waals surface area contributed by atoms with Crippen LogP contribution in [0.4, 0.5) is 0 Å². The molecule has 0 bridgehead atoms. The van der Waals surface area contributed by atoms with Crippen molar-refractivity contribution < 1.29 is 14.2 Å². The average molecular weight is 319 g/mol. The maximum Gasteiger partial charge on any atom is 0.195 e. The van der Waals surface area contributed by atoms with E-state index in [9.17, 15) is 0 Å². The van der Waals surface area contributed by atoms with Gasteiger partial charge in [0, 0.05) is 17.9 Å². The Hall–Kier alpha value is -1.55. The summed E-state index contributed by atoms with van der Waals surface area (Å²) in [4.78, 5) is 0. The van der Waals surface area contributed by atoms with Crippen molar-refractivity contribution in [3.8, 4) is 11.5 Å². The van der Waals surface area contributed by atoms with Crippen LogP contribution in [0.5, 0.6) is 11.5 Å². The maximum atomic E-state index is 5.87. The van der Waals surface area contributed by atoms with E-state index in [0.29, 0.717) is 19.1 Å². The first-order valence-corrected chi connectivity index (χ1v) is 8.03. The van der Waals surface area contributed by atoms with Crippen LogP contribution in [0, 0.1) is 0 Å². The Bertz CT molecular complexity index is 577. The van der Waals surface area contributed by atoms with Crippen molar-refractivity contribution in [2.24, 2.45) is 0 Å². The first-order valence-electron chi connectivity index (χ1n) is 7.50. The highest BCUT2D eigenvalue weighted by atomic mass is 35.5. The first-order chi connectivity index (χ1) is 10.8. The van der Waals surface area contributed by atoms with E-state index in [1.54, 1.807) is 0 Å². The summed E-state index contributed by atoms with van der Waals surface area (Å²) in [6, 6.07) is 17.6. The van der Waals surface area contributed by atoms with Crippen LogP contribution in [0.1, 0.15) is 18.4 Å². The van der Waals surface area contributed by atoms with Crippen molar-refractivity contribution >= 4 is 11.6 Å². The van der Waals surface area contributed by atoms with Crippen molar-refractivity contribution in [3.05, 3.63) is 60.2 Å². The molecule has 3 nitrogen and oxygen atoms in total. The van der Waals surface area contributed by atoms with E-state index in [0.717, 1.165) is 29.9 Å². The Kier molecular flexibility index (Phi) is 4.98. The fourth-order valence-electron chi connectivity index (χ4n) is 2.61. The number of benzene rings is 2. The molecular formula is C18H19ClO3. The summed E-state index contributed by atoms with van der Waals surface area (Å²) in [6.45, 7) is 1.23. The van der Waals surface area contributed by atoms with Gasteiger partial charge in [0.25, 0.3) is 0 Å². The second-order valence-electron chi connectivity index (χ2n) is 5.18. The molecule has 4 heteroatoms. The minimum Gasteiger partial charge on any atom is -0.457 e. The van der Waals surface area contributed by atoms with Gasteiger partial charge >= 0.3 is 0 Å². The Morgan fingerprint density at radius 3 is 2.18 bits per heavy atom. The molecule has 22 heavy (non-hydrogen) atoms. The van der Waals surface area contributed by atoms with Gasteiger partial charge in [0.15, 0.2) is 5.79 Å². The lowest BCUT2D eigenvalue weighted by molar-refractivity contribution is -0.170. The van der Waals surface area contributed by atoms with E-state index in [1.807, 2.05) is 54.6 Å². The lowest BCUT2D eigenvalue weighted by Crippen LogP contribution is -2.27. The van der Waals surface area contributed by atoms with Crippen molar-refractivity contribution in [1.29, 1.82) is 0 Å². The van der Waals surface area contributed by atoms with Gasteiger partial charge in [0.1, 0.15) is 11.5 Å². The number of alkyl halides is 1. The molecule has 2 aromatic carbocycles. The second kappa shape index (κ2) is 7.14. The van der Waals surface area contributed by atoms with E-state index in [4.69, 9.17) is 25.8 Å². The molecule has 0 aromatic heterocycles. The predicted molar refractivity (Wildman–Crippen MR) is 86.5 cm³/mol. The molecule has 0 saturated carbocycles. The fourth-order valence-corrected chi connectivity index (χ4v) is 2.74. The molecule has 1 heterocycles. The topological polar surface area (TPSA) is 27.7 Å². The van der Waals surface area contributed by atoms with Crippen LogP contribution in [0.2, 0.25) is 0 Å². The third-order valence-electron chi connectivity index (χ3n) is 3.67. The minimum atomic E-state index is -0.653. The molecule has 1 aliphatic rings. The van der Waals surface area contributed by atoms with Gasteiger partial charge in [-0.25, -0.2) is 0 Å². The zero-order valence-electron chi connectivity index (χ0n) is 12.3. The Morgan fingerprint density at radius 1 is 0.909 bits per heavy atom. The van der Waals surface area contributed by atoms with Crippen molar-refractivity contribution in [1.82, 2.24) is 0 Å². The van der Waals surface area contributed by atoms with E-state index in [-0.39, 0.29) is 0 Å². The molecular weight excluding hydrogens is 300 g/mol. The number of rotatable bonds is 6. The summed E-state index contributed by atoms with van der Waals surface area (Å²) >= 11 is 5.81. The molecule has 0 unspecified atom stereocenters. The highest BCUT2D eigenvalue weighted by Crippen LogP contribution is 2.37. The highest BCUT2D eigenvalue weighted by Gasteiger charge is 2.37. The zero-order valence-corrected chi connectivity index (χ0v) is 13.1. The largest absolute Gasteiger partial charge is 0.457 e. The summed E-state index contributed by atoms with van der Waals surface area (Å²) in [6.07, 6.45) is 1.61. The van der Waals surface area contributed by atoms with E-state index >= 15 is 0 Å². The molecule has 0 atom stereocenters. The van der Waals surface area contributed by atoms with Gasteiger partial charge in [-0.05, 0) is 42.8 Å². The van der Waals surface area contributed by atoms with Gasteiger partial charge in [-0.2, -0.15) is 0 Å². The standard InChI is InChI=1S/C18H19ClO3/c19-12-4-11-18(20-13-14-21-18)15-7-9-17(10-8-15)22-16-5-2-1-3-6-16/h1-3,5-10H,4,11-14H2. The summed E-state index contributed by atoms with van der Waals surface area (Å²) in [5.41, 5.74) is 1.01. The molecule has 0 radical (unpaired) electrons. The lowest BCUT2D eigenvalue weighted by atomic mass is 10.0. The quantitative estimate of drug-likeness (QED) is 0.723. The van der Waals surface area contributed by atoms with Crippen molar-refractivity contribution in [2.75, 3.05) is 19.1 Å². The molecule has 1 saturated heterocycles. The number of para-hydroxylation sites is 1. The van der Waals surface area contributed by atoms with Crippen LogP contribution in [0.25, 0.3) is 0 Å². The maximum absolute atomic E-state index is 5.87. The summed E-state index contributed by atoms with van der Waals surface area (Å²) in [7, 11) is 0. The zero-order chi connectivity index (χ0) is 15.3.